The molecule has 1 aliphatic heterocycles. The van der Waals surface area contributed by atoms with Crippen LogP contribution >= 0.6 is 0 Å². The van der Waals surface area contributed by atoms with Gasteiger partial charge in [0, 0.05) is 24.1 Å². The molecule has 21 heavy (non-hydrogen) atoms. The number of carboxylic acids is 1. The van der Waals surface area contributed by atoms with Gasteiger partial charge in [0.15, 0.2) is 0 Å². The van der Waals surface area contributed by atoms with Crippen LogP contribution in [0.1, 0.15) is 32.0 Å². The number of carbonyl (C=O) groups excluding carboxylic acids is 1. The second-order valence-corrected chi connectivity index (χ2v) is 5.04. The molecule has 0 fully saturated rings. The Balaban J connectivity index is 1.96. The van der Waals surface area contributed by atoms with Gasteiger partial charge >= 0.3 is 5.97 Å². The lowest BCUT2D eigenvalue weighted by atomic mass is 10.1. The van der Waals surface area contributed by atoms with Crippen LogP contribution in [0.15, 0.2) is 36.5 Å². The van der Waals surface area contributed by atoms with Crippen molar-refractivity contribution in [1.82, 2.24) is 4.98 Å². The number of nitrogens with zero attached hydrogens (tertiary/aromatic N) is 2. The summed E-state index contributed by atoms with van der Waals surface area (Å²) in [7, 11) is 0. The zero-order chi connectivity index (χ0) is 15.0. The minimum absolute atomic E-state index is 0.149. The van der Waals surface area contributed by atoms with E-state index in [0.717, 1.165) is 17.7 Å². The highest BCUT2D eigenvalue weighted by molar-refractivity contribution is 6.07. The van der Waals surface area contributed by atoms with Gasteiger partial charge in [0.2, 0.25) is 0 Å². The van der Waals surface area contributed by atoms with Crippen molar-refractivity contribution < 1.29 is 14.7 Å². The molecule has 1 aromatic heterocycles. The molecule has 0 radical (unpaired) electrons. The van der Waals surface area contributed by atoms with Crippen LogP contribution in [0.4, 0.5) is 5.69 Å². The number of benzene rings is 1. The fourth-order valence-corrected chi connectivity index (χ4v) is 2.47. The second kappa shape index (κ2) is 5.01. The van der Waals surface area contributed by atoms with Gasteiger partial charge in [-0.15, -0.1) is 0 Å². The van der Waals surface area contributed by atoms with Crippen molar-refractivity contribution in [3.05, 3.63) is 58.9 Å². The number of carboxylic acid groups (broad SMARTS) is 1. The third kappa shape index (κ3) is 2.38. The van der Waals surface area contributed by atoms with Crippen molar-refractivity contribution in [1.29, 1.82) is 0 Å². The summed E-state index contributed by atoms with van der Waals surface area (Å²) >= 11 is 0. The number of hydrogen-bond donors (Lipinski definition) is 1. The first-order valence-electron chi connectivity index (χ1n) is 6.67. The fraction of sp³-hybridized carbons (Fsp3) is 0.188. The van der Waals surface area contributed by atoms with E-state index in [0.29, 0.717) is 17.8 Å². The van der Waals surface area contributed by atoms with E-state index in [4.69, 9.17) is 5.11 Å². The van der Waals surface area contributed by atoms with Crippen LogP contribution in [0.2, 0.25) is 0 Å². The van der Waals surface area contributed by atoms with Gasteiger partial charge in [-0.25, -0.2) is 4.79 Å². The highest BCUT2D eigenvalue weighted by Gasteiger charge is 2.26. The molecule has 1 N–H and O–H groups in total. The Hall–Kier alpha value is -2.69. The van der Waals surface area contributed by atoms with E-state index in [9.17, 15) is 9.59 Å². The molecular formula is C16H14N2O3. The van der Waals surface area contributed by atoms with Gasteiger partial charge in [-0.3, -0.25) is 9.78 Å². The van der Waals surface area contributed by atoms with Crippen LogP contribution in [0.5, 0.6) is 0 Å². The largest absolute Gasteiger partial charge is 0.478 e. The standard InChI is InChI=1S/C16H14N2O3/c1-10-2-3-13(9-17-10)15(19)18-7-6-11-4-5-12(16(20)21)8-14(11)18/h2-5,8-9H,6-7H2,1H3,(H,20,21). The molecular weight excluding hydrogens is 268 g/mol. The molecule has 0 atom stereocenters. The lowest BCUT2D eigenvalue weighted by Gasteiger charge is -2.17. The van der Waals surface area contributed by atoms with E-state index in [1.54, 1.807) is 41.4 Å². The van der Waals surface area contributed by atoms with Gasteiger partial charge in [0.1, 0.15) is 0 Å². The molecule has 5 heteroatoms. The number of aromatic carboxylic acids is 1. The van der Waals surface area contributed by atoms with Crippen molar-refractivity contribution in [3.8, 4) is 0 Å². The van der Waals surface area contributed by atoms with Crippen LogP contribution in [0.25, 0.3) is 0 Å². The molecule has 0 saturated heterocycles. The Morgan fingerprint density at radius 1 is 1.19 bits per heavy atom. The number of hydrogen-bond acceptors (Lipinski definition) is 3. The van der Waals surface area contributed by atoms with Crippen molar-refractivity contribution in [2.24, 2.45) is 0 Å². The van der Waals surface area contributed by atoms with Gasteiger partial charge < -0.3 is 10.0 Å². The van der Waals surface area contributed by atoms with E-state index in [1.165, 1.54) is 0 Å². The second-order valence-electron chi connectivity index (χ2n) is 5.04. The summed E-state index contributed by atoms with van der Waals surface area (Å²) in [5.74, 6) is -1.14. The summed E-state index contributed by atoms with van der Waals surface area (Å²) in [5, 5.41) is 9.08. The number of aromatic nitrogens is 1. The maximum atomic E-state index is 12.5. The maximum Gasteiger partial charge on any atom is 0.335 e. The Bertz CT molecular complexity index is 723. The summed E-state index contributed by atoms with van der Waals surface area (Å²) in [6.45, 7) is 2.42. The highest BCUT2D eigenvalue weighted by Crippen LogP contribution is 2.30. The monoisotopic (exact) mass is 282 g/mol. The fourth-order valence-electron chi connectivity index (χ4n) is 2.47. The SMILES string of the molecule is Cc1ccc(C(=O)N2CCc3ccc(C(=O)O)cc32)cn1. The van der Waals surface area contributed by atoms with Crippen LogP contribution < -0.4 is 4.90 Å². The molecule has 5 nitrogen and oxygen atoms in total. The zero-order valence-corrected chi connectivity index (χ0v) is 11.5. The Labute approximate surface area is 121 Å². The molecule has 1 amide bonds. The van der Waals surface area contributed by atoms with Crippen molar-refractivity contribution >= 4 is 17.6 Å². The molecule has 2 heterocycles. The predicted octanol–water partition coefficient (Wildman–Crippen LogP) is 2.29. The molecule has 3 rings (SSSR count). The number of anilines is 1. The highest BCUT2D eigenvalue weighted by atomic mass is 16.4. The minimum Gasteiger partial charge on any atom is -0.478 e. The molecule has 0 unspecified atom stereocenters. The molecule has 2 aromatic rings. The van der Waals surface area contributed by atoms with Gasteiger partial charge in [0.25, 0.3) is 5.91 Å². The predicted molar refractivity (Wildman–Crippen MR) is 77.8 cm³/mol. The summed E-state index contributed by atoms with van der Waals surface area (Å²) in [6.07, 6.45) is 2.29. The summed E-state index contributed by atoms with van der Waals surface area (Å²) < 4.78 is 0. The number of carbonyl (C=O) groups is 2. The third-order valence-corrected chi connectivity index (χ3v) is 3.63. The van der Waals surface area contributed by atoms with Gasteiger partial charge in [0.05, 0.1) is 11.1 Å². The van der Waals surface area contributed by atoms with Crippen molar-refractivity contribution in [2.45, 2.75) is 13.3 Å². The number of fused-ring (bicyclic) bond motifs is 1. The van der Waals surface area contributed by atoms with Crippen LogP contribution in [-0.4, -0.2) is 28.5 Å². The third-order valence-electron chi connectivity index (χ3n) is 3.63. The molecule has 0 spiro atoms. The topological polar surface area (TPSA) is 70.5 Å². The summed E-state index contributed by atoms with van der Waals surface area (Å²) in [5.41, 5.74) is 3.22. The molecule has 1 aromatic carbocycles. The summed E-state index contributed by atoms with van der Waals surface area (Å²) in [4.78, 5) is 29.4. The normalized spacial score (nSPS) is 13.1. The zero-order valence-electron chi connectivity index (χ0n) is 11.5. The number of rotatable bonds is 2. The maximum absolute atomic E-state index is 12.5. The van der Waals surface area contributed by atoms with E-state index >= 15 is 0 Å². The molecule has 1 aliphatic rings. The van der Waals surface area contributed by atoms with E-state index < -0.39 is 5.97 Å². The van der Waals surface area contributed by atoms with Gasteiger partial charge in [-0.1, -0.05) is 6.07 Å². The smallest absolute Gasteiger partial charge is 0.335 e. The Kier molecular flexibility index (Phi) is 3.17. The first kappa shape index (κ1) is 13.3. The van der Waals surface area contributed by atoms with E-state index in [-0.39, 0.29) is 11.5 Å². The molecule has 106 valence electrons. The van der Waals surface area contributed by atoms with Gasteiger partial charge in [-0.2, -0.15) is 0 Å². The number of amides is 1. The number of pyridine rings is 1. The van der Waals surface area contributed by atoms with Crippen LogP contribution in [0, 0.1) is 6.92 Å². The Morgan fingerprint density at radius 2 is 1.95 bits per heavy atom. The van der Waals surface area contributed by atoms with Crippen LogP contribution in [-0.2, 0) is 6.42 Å². The van der Waals surface area contributed by atoms with Crippen molar-refractivity contribution in [2.75, 3.05) is 11.4 Å². The summed E-state index contributed by atoms with van der Waals surface area (Å²) in [6, 6.07) is 8.44. The first-order chi connectivity index (χ1) is 10.1. The lowest BCUT2D eigenvalue weighted by Crippen LogP contribution is -2.29. The molecule has 0 bridgehead atoms. The number of aryl methyl sites for hydroxylation is 1. The lowest BCUT2D eigenvalue weighted by molar-refractivity contribution is 0.0696. The first-order valence-corrected chi connectivity index (χ1v) is 6.67. The average Bonchev–Trinajstić information content (AvgIpc) is 2.90. The minimum atomic E-state index is -0.992. The molecule has 0 saturated carbocycles. The van der Waals surface area contributed by atoms with E-state index in [1.807, 2.05) is 6.92 Å². The van der Waals surface area contributed by atoms with Crippen molar-refractivity contribution in [3.63, 3.8) is 0 Å². The Morgan fingerprint density at radius 3 is 2.62 bits per heavy atom. The van der Waals surface area contributed by atoms with Crippen LogP contribution in [0.3, 0.4) is 0 Å². The van der Waals surface area contributed by atoms with Gasteiger partial charge in [-0.05, 0) is 43.2 Å². The average molecular weight is 282 g/mol. The quantitative estimate of drug-likeness (QED) is 0.917. The molecule has 0 aliphatic carbocycles. The van der Waals surface area contributed by atoms with E-state index in [2.05, 4.69) is 4.98 Å².